The number of allylic oxidation sites excluding steroid dienone is 4. The molecule has 74 valence electrons. The second-order valence-electron chi connectivity index (χ2n) is 3.13. The molecule has 3 rings (SSSR count). The smallest absolute Gasteiger partial charge is 0.222 e. The Morgan fingerprint density at radius 3 is 3.00 bits per heavy atom. The highest BCUT2D eigenvalue weighted by Gasteiger charge is 2.25. The Hall–Kier alpha value is -1.02. The van der Waals surface area contributed by atoms with Gasteiger partial charge in [0.25, 0.3) is 0 Å². The average molecular weight is 278 g/mol. The molecule has 0 radical (unpaired) electrons. The number of nitrogens with one attached hydrogen (secondary N) is 1. The summed E-state index contributed by atoms with van der Waals surface area (Å²) in [6, 6.07) is 8.32. The Kier molecular flexibility index (Phi) is 2.96. The second kappa shape index (κ2) is 4.23. The maximum absolute atomic E-state index is 3.36. The highest BCUT2D eigenvalue weighted by molar-refractivity contribution is 8.03. The fourth-order valence-corrected chi connectivity index (χ4v) is 2.49. The Balaban J connectivity index is 0.000000853. The van der Waals surface area contributed by atoms with E-state index in [1.165, 1.54) is 15.5 Å². The summed E-state index contributed by atoms with van der Waals surface area (Å²) in [5, 5.41) is 3.36. The molecule has 1 aliphatic carbocycles. The van der Waals surface area contributed by atoms with E-state index in [0.717, 1.165) is 5.70 Å². The van der Waals surface area contributed by atoms with Crippen molar-refractivity contribution in [2.45, 2.75) is 4.90 Å². The molecule has 0 bridgehead atoms. The van der Waals surface area contributed by atoms with Crippen LogP contribution in [0.2, 0.25) is 0 Å². The Bertz CT molecular complexity index is 431. The first-order valence-electron chi connectivity index (χ1n) is 4.48. The maximum atomic E-state index is 3.36. The predicted octanol–water partition coefficient (Wildman–Crippen LogP) is 0.349. The lowest BCUT2D eigenvalue weighted by molar-refractivity contribution is -0.00000259. The van der Waals surface area contributed by atoms with Gasteiger partial charge in [-0.25, -0.2) is 0 Å². The molecule has 0 aromatic heterocycles. The van der Waals surface area contributed by atoms with Crippen molar-refractivity contribution in [3.63, 3.8) is 0 Å². The minimum atomic E-state index is 0. The summed E-state index contributed by atoms with van der Waals surface area (Å²) in [5.41, 5.74) is 2.25. The fraction of sp³-hybridized carbons (Fsp3) is 0. The minimum absolute atomic E-state index is 0. The summed E-state index contributed by atoms with van der Waals surface area (Å²) < 4.78 is 0. The van der Waals surface area contributed by atoms with Gasteiger partial charge in [0.1, 0.15) is 11.0 Å². The summed E-state index contributed by atoms with van der Waals surface area (Å²) in [7, 11) is 0. The first-order chi connectivity index (χ1) is 6.93. The van der Waals surface area contributed by atoms with E-state index in [1.807, 2.05) is 18.2 Å². The number of thioether (sulfide) groups is 1. The van der Waals surface area contributed by atoms with Crippen molar-refractivity contribution < 1.29 is 17.0 Å². The molecule has 0 spiro atoms. The molecule has 1 heterocycles. The van der Waals surface area contributed by atoms with Crippen LogP contribution in [-0.4, -0.2) is 0 Å². The van der Waals surface area contributed by atoms with Crippen molar-refractivity contribution in [2.24, 2.45) is 0 Å². The third kappa shape index (κ3) is 1.86. The van der Waals surface area contributed by atoms with Crippen LogP contribution < -0.4 is 22.3 Å². The second-order valence-corrected chi connectivity index (χ2v) is 4.22. The molecular weight excluding hydrogens is 270 g/mol. The molecule has 1 nitrogen and oxygen atoms in total. The fourth-order valence-electron chi connectivity index (χ4n) is 1.52. The summed E-state index contributed by atoms with van der Waals surface area (Å²) in [6.45, 7) is 0. The van der Waals surface area contributed by atoms with Crippen molar-refractivity contribution >= 4 is 17.4 Å². The van der Waals surface area contributed by atoms with Gasteiger partial charge in [-0.05, 0) is 23.9 Å². The number of hydrogen-bond acceptors (Lipinski definition) is 2. The molecule has 0 unspecified atom stereocenters. The lowest BCUT2D eigenvalue weighted by Gasteiger charge is -2.16. The van der Waals surface area contributed by atoms with E-state index in [9.17, 15) is 0 Å². The molecule has 1 aliphatic heterocycles. The van der Waals surface area contributed by atoms with Gasteiger partial charge in [-0.3, -0.25) is 0 Å². The molecule has 1 aromatic carbocycles. The minimum Gasteiger partial charge on any atom is -1.00 e. The van der Waals surface area contributed by atoms with Crippen LogP contribution in [-0.2, 0) is 0 Å². The SMILES string of the molecule is [Br-].[C+]1=C2Nc3ccccc3SC2=CC=C1. The number of para-hydroxylation sites is 1. The van der Waals surface area contributed by atoms with Crippen LogP contribution >= 0.6 is 11.8 Å². The van der Waals surface area contributed by atoms with Crippen LogP contribution in [0.25, 0.3) is 0 Å². The molecule has 0 saturated carbocycles. The number of hydrogen-bond donors (Lipinski definition) is 1. The van der Waals surface area contributed by atoms with Crippen molar-refractivity contribution in [3.8, 4) is 0 Å². The lowest BCUT2D eigenvalue weighted by Crippen LogP contribution is -3.00. The predicted molar refractivity (Wildman–Crippen MR) is 59.9 cm³/mol. The van der Waals surface area contributed by atoms with Crippen molar-refractivity contribution in [3.05, 3.63) is 59.2 Å². The largest absolute Gasteiger partial charge is 1.00 e. The van der Waals surface area contributed by atoms with Crippen LogP contribution in [0.4, 0.5) is 5.69 Å². The Morgan fingerprint density at radius 2 is 2.07 bits per heavy atom. The molecular formula is C12H8BrNS. The Labute approximate surface area is 104 Å². The van der Waals surface area contributed by atoms with Gasteiger partial charge >= 0.3 is 0 Å². The average Bonchev–Trinajstić information content (AvgIpc) is 2.26. The van der Waals surface area contributed by atoms with E-state index in [2.05, 4.69) is 35.7 Å². The van der Waals surface area contributed by atoms with Gasteiger partial charge < -0.3 is 22.3 Å². The Morgan fingerprint density at radius 1 is 1.20 bits per heavy atom. The third-order valence-electron chi connectivity index (χ3n) is 2.18. The highest BCUT2D eigenvalue weighted by atomic mass is 79.9. The van der Waals surface area contributed by atoms with Gasteiger partial charge in [-0.15, -0.1) is 0 Å². The summed E-state index contributed by atoms with van der Waals surface area (Å²) in [6.07, 6.45) is 9.25. The van der Waals surface area contributed by atoms with E-state index >= 15 is 0 Å². The number of halogens is 1. The van der Waals surface area contributed by atoms with E-state index < -0.39 is 0 Å². The molecule has 2 aliphatic rings. The molecule has 15 heavy (non-hydrogen) atoms. The number of benzene rings is 1. The van der Waals surface area contributed by atoms with Crippen LogP contribution in [0.1, 0.15) is 0 Å². The van der Waals surface area contributed by atoms with Gasteiger partial charge in [0, 0.05) is 11.0 Å². The van der Waals surface area contributed by atoms with Gasteiger partial charge in [0.15, 0.2) is 0 Å². The van der Waals surface area contributed by atoms with Crippen molar-refractivity contribution in [1.29, 1.82) is 0 Å². The van der Waals surface area contributed by atoms with Crippen molar-refractivity contribution in [1.82, 2.24) is 0 Å². The van der Waals surface area contributed by atoms with Gasteiger partial charge in [0.05, 0.1) is 17.8 Å². The third-order valence-corrected chi connectivity index (χ3v) is 3.32. The maximum Gasteiger partial charge on any atom is 0.222 e. The van der Waals surface area contributed by atoms with Crippen LogP contribution in [0.3, 0.4) is 0 Å². The summed E-state index contributed by atoms with van der Waals surface area (Å²) >= 11 is 1.79. The normalized spacial score (nSPS) is 15.7. The van der Waals surface area contributed by atoms with Crippen molar-refractivity contribution in [2.75, 3.05) is 5.32 Å². The molecule has 0 fully saturated rings. The van der Waals surface area contributed by atoms with Crippen LogP contribution in [0.5, 0.6) is 0 Å². The lowest BCUT2D eigenvalue weighted by atomic mass is 10.2. The van der Waals surface area contributed by atoms with E-state index in [1.54, 1.807) is 11.8 Å². The van der Waals surface area contributed by atoms with Gasteiger partial charge in [-0.1, -0.05) is 12.1 Å². The van der Waals surface area contributed by atoms with Gasteiger partial charge in [0.2, 0.25) is 5.70 Å². The monoisotopic (exact) mass is 277 g/mol. The molecule has 1 aromatic rings. The van der Waals surface area contributed by atoms with Gasteiger partial charge in [-0.2, -0.15) is 0 Å². The van der Waals surface area contributed by atoms with E-state index in [4.69, 9.17) is 0 Å². The number of fused-ring (bicyclic) bond motifs is 2. The highest BCUT2D eigenvalue weighted by Crippen LogP contribution is 2.42. The summed E-state index contributed by atoms with van der Waals surface area (Å²) in [5.74, 6) is 0. The van der Waals surface area contributed by atoms with E-state index in [0.29, 0.717) is 0 Å². The topological polar surface area (TPSA) is 12.0 Å². The molecule has 0 saturated heterocycles. The van der Waals surface area contributed by atoms with Crippen LogP contribution in [0, 0.1) is 6.08 Å². The number of rotatable bonds is 0. The molecule has 3 heteroatoms. The first-order valence-corrected chi connectivity index (χ1v) is 5.30. The molecule has 1 N–H and O–H groups in total. The molecule has 0 atom stereocenters. The van der Waals surface area contributed by atoms with E-state index in [-0.39, 0.29) is 17.0 Å². The zero-order valence-electron chi connectivity index (χ0n) is 7.83. The zero-order valence-corrected chi connectivity index (χ0v) is 10.2. The number of anilines is 1. The first kappa shape index (κ1) is 10.5. The zero-order chi connectivity index (χ0) is 9.38. The summed E-state index contributed by atoms with van der Waals surface area (Å²) in [4.78, 5) is 2.52. The quantitative estimate of drug-likeness (QED) is 0.687. The standard InChI is InChI=1S/C12H8NS.BrH/c1-3-7-11-9(5-1)13-10-6-2-4-8-12(10)14-11;/h1-5,7-8,13H;1H/q+1;/p-1. The molecule has 0 amide bonds. The van der Waals surface area contributed by atoms with Crippen LogP contribution in [0.15, 0.2) is 58.0 Å².